The van der Waals surface area contributed by atoms with Gasteiger partial charge in [0.15, 0.2) is 0 Å². The fourth-order valence-corrected chi connectivity index (χ4v) is 5.21. The topological polar surface area (TPSA) is 102 Å². The van der Waals surface area contributed by atoms with Crippen molar-refractivity contribution in [2.24, 2.45) is 7.05 Å². The third kappa shape index (κ3) is 4.87. The molecule has 1 heterocycles. The molecule has 0 aliphatic carbocycles. The Bertz CT molecular complexity index is 1570. The van der Waals surface area contributed by atoms with Gasteiger partial charge in [0.2, 0.25) is 0 Å². The minimum Gasteiger partial charge on any atom is -0.322 e. The van der Waals surface area contributed by atoms with Gasteiger partial charge >= 0.3 is 0 Å². The maximum atomic E-state index is 13.3. The first-order valence-electron chi connectivity index (χ1n) is 10.6. The first-order chi connectivity index (χ1) is 16.6. The van der Waals surface area contributed by atoms with Crippen molar-refractivity contribution in [1.29, 1.82) is 0 Å². The molecule has 0 fully saturated rings. The molecule has 0 atom stereocenters. The van der Waals surface area contributed by atoms with Crippen LogP contribution in [0.3, 0.4) is 0 Å². The summed E-state index contributed by atoms with van der Waals surface area (Å²) in [7, 11) is -2.64. The van der Waals surface area contributed by atoms with Crippen LogP contribution in [0.4, 0.5) is 11.4 Å². The van der Waals surface area contributed by atoms with Crippen LogP contribution in [0.2, 0.25) is 5.02 Å². The zero-order chi connectivity index (χ0) is 25.3. The number of carbonyl (C=O) groups excluding carboxylic acids is 1. The number of benzene rings is 3. The van der Waals surface area contributed by atoms with E-state index in [1.54, 1.807) is 55.1 Å². The van der Waals surface area contributed by atoms with Gasteiger partial charge in [-0.25, -0.2) is 13.1 Å². The number of para-hydroxylation sites is 1. The monoisotopic (exact) mass is 510 g/mol. The molecule has 0 bridgehead atoms. The van der Waals surface area contributed by atoms with Crippen LogP contribution in [0, 0.1) is 13.8 Å². The minimum atomic E-state index is -4.30. The third-order valence-electron chi connectivity index (χ3n) is 5.58. The largest absolute Gasteiger partial charge is 0.322 e. The van der Waals surface area contributed by atoms with Crippen molar-refractivity contribution in [2.75, 3.05) is 10.0 Å². The van der Waals surface area contributed by atoms with Crippen molar-refractivity contribution in [3.63, 3.8) is 0 Å². The van der Waals surface area contributed by atoms with E-state index in [2.05, 4.69) is 10.0 Å². The lowest BCUT2D eigenvalue weighted by atomic mass is 10.2. The molecule has 35 heavy (non-hydrogen) atoms. The van der Waals surface area contributed by atoms with Crippen LogP contribution >= 0.6 is 11.6 Å². The average Bonchev–Trinajstić information content (AvgIpc) is 3.04. The van der Waals surface area contributed by atoms with Gasteiger partial charge in [-0.05, 0) is 56.3 Å². The number of nitrogens with one attached hydrogen (secondary N) is 2. The highest BCUT2D eigenvalue weighted by Gasteiger charge is 2.25. The lowest BCUT2D eigenvalue weighted by molar-refractivity contribution is 0.102. The van der Waals surface area contributed by atoms with Gasteiger partial charge in [-0.1, -0.05) is 47.5 Å². The van der Waals surface area contributed by atoms with Crippen molar-refractivity contribution >= 4 is 38.9 Å². The maximum absolute atomic E-state index is 13.3. The van der Waals surface area contributed by atoms with Gasteiger partial charge in [-0.2, -0.15) is 0 Å². The van der Waals surface area contributed by atoms with Crippen LogP contribution in [0.25, 0.3) is 5.69 Å². The lowest BCUT2D eigenvalue weighted by Gasteiger charge is -2.11. The molecule has 3 aromatic carbocycles. The molecule has 0 spiro atoms. The van der Waals surface area contributed by atoms with Gasteiger partial charge in [-0.3, -0.25) is 19.0 Å². The van der Waals surface area contributed by atoms with Crippen molar-refractivity contribution < 1.29 is 13.2 Å². The number of anilines is 2. The highest BCUT2D eigenvalue weighted by atomic mass is 35.5. The number of amides is 1. The number of aryl methyl sites for hydroxylation is 1. The van der Waals surface area contributed by atoms with Crippen LogP contribution in [-0.2, 0) is 17.1 Å². The summed E-state index contributed by atoms with van der Waals surface area (Å²) in [6.07, 6.45) is 0. The number of hydrogen-bond acceptors (Lipinski definition) is 4. The summed E-state index contributed by atoms with van der Waals surface area (Å²) in [4.78, 5) is 25.5. The number of carbonyl (C=O) groups is 1. The van der Waals surface area contributed by atoms with Crippen LogP contribution in [0.15, 0.2) is 82.5 Å². The summed E-state index contributed by atoms with van der Waals surface area (Å²) in [6.45, 7) is 3.56. The zero-order valence-corrected chi connectivity index (χ0v) is 20.8. The normalized spacial score (nSPS) is 11.3. The van der Waals surface area contributed by atoms with Crippen LogP contribution in [0.5, 0.6) is 0 Å². The molecule has 0 aliphatic heterocycles. The fraction of sp³-hybridized carbons (Fsp3) is 0.120. The van der Waals surface area contributed by atoms with Gasteiger partial charge in [0.25, 0.3) is 21.5 Å². The summed E-state index contributed by atoms with van der Waals surface area (Å²) in [5, 5.41) is 2.64. The fourth-order valence-electron chi connectivity index (χ4n) is 3.57. The molecular formula is C25H23ClN4O4S. The van der Waals surface area contributed by atoms with Crippen molar-refractivity contribution in [3.05, 3.63) is 105 Å². The second kappa shape index (κ2) is 9.44. The number of aromatic nitrogens is 2. The number of hydrogen-bond donors (Lipinski definition) is 2. The molecule has 10 heteroatoms. The molecule has 0 saturated carbocycles. The molecule has 2 N–H and O–H groups in total. The summed E-state index contributed by atoms with van der Waals surface area (Å²) in [5.74, 6) is -0.496. The Kier molecular flexibility index (Phi) is 6.56. The van der Waals surface area contributed by atoms with E-state index in [-0.39, 0.29) is 21.2 Å². The smallest absolute Gasteiger partial charge is 0.296 e. The second-order valence-electron chi connectivity index (χ2n) is 8.01. The SMILES string of the molecule is Cc1ccc(NC(=O)c2ccc(Cl)c(S(=O)(=O)Nc3c(C)n(C)n(-c4ccccc4)c3=O)c2)cc1. The summed E-state index contributed by atoms with van der Waals surface area (Å²) in [6, 6.07) is 20.0. The second-order valence-corrected chi connectivity index (χ2v) is 10.1. The van der Waals surface area contributed by atoms with Gasteiger partial charge in [0.1, 0.15) is 10.6 Å². The summed E-state index contributed by atoms with van der Waals surface area (Å²) < 4.78 is 31.8. The molecule has 4 rings (SSSR count). The Morgan fingerprint density at radius 1 is 0.943 bits per heavy atom. The summed E-state index contributed by atoms with van der Waals surface area (Å²) >= 11 is 6.20. The predicted octanol–water partition coefficient (Wildman–Crippen LogP) is 4.50. The van der Waals surface area contributed by atoms with Crippen molar-refractivity contribution in [3.8, 4) is 5.69 Å². The van der Waals surface area contributed by atoms with E-state index in [1.165, 1.54) is 22.9 Å². The van der Waals surface area contributed by atoms with Crippen molar-refractivity contribution in [1.82, 2.24) is 9.36 Å². The molecule has 0 radical (unpaired) electrons. The molecule has 4 aromatic rings. The standard InChI is InChI=1S/C25H23ClN4O4S/c1-16-9-12-19(13-10-16)27-24(31)18-11-14-21(26)22(15-18)35(33,34)28-23-17(2)29(3)30(25(23)32)20-7-5-4-6-8-20/h4-15,28H,1-3H3,(H,27,31). The van der Waals surface area contributed by atoms with Crippen LogP contribution < -0.4 is 15.6 Å². The van der Waals surface area contributed by atoms with Crippen LogP contribution in [-0.4, -0.2) is 23.7 Å². The number of halogens is 1. The molecule has 1 aromatic heterocycles. The summed E-state index contributed by atoms with van der Waals surface area (Å²) in [5.41, 5.74) is 2.05. The maximum Gasteiger partial charge on any atom is 0.296 e. The van der Waals surface area contributed by atoms with Gasteiger partial charge in [0, 0.05) is 18.3 Å². The Morgan fingerprint density at radius 3 is 2.26 bits per heavy atom. The van der Waals surface area contributed by atoms with Gasteiger partial charge < -0.3 is 5.32 Å². The van der Waals surface area contributed by atoms with Gasteiger partial charge in [0.05, 0.1) is 16.4 Å². The molecule has 0 aliphatic rings. The zero-order valence-electron chi connectivity index (χ0n) is 19.2. The molecule has 180 valence electrons. The van der Waals surface area contributed by atoms with Gasteiger partial charge in [-0.15, -0.1) is 0 Å². The van der Waals surface area contributed by atoms with Crippen molar-refractivity contribution in [2.45, 2.75) is 18.7 Å². The highest BCUT2D eigenvalue weighted by molar-refractivity contribution is 7.92. The highest BCUT2D eigenvalue weighted by Crippen LogP contribution is 2.26. The van der Waals surface area contributed by atoms with E-state index in [4.69, 9.17) is 11.6 Å². The van der Waals surface area contributed by atoms with E-state index in [0.29, 0.717) is 17.1 Å². The first-order valence-corrected chi connectivity index (χ1v) is 12.5. The van der Waals surface area contributed by atoms with E-state index in [0.717, 1.165) is 5.56 Å². The first kappa shape index (κ1) is 24.3. The van der Waals surface area contributed by atoms with E-state index >= 15 is 0 Å². The number of rotatable bonds is 6. The Balaban J connectivity index is 1.68. The van der Waals surface area contributed by atoms with E-state index in [9.17, 15) is 18.0 Å². The Morgan fingerprint density at radius 2 is 1.60 bits per heavy atom. The third-order valence-corrected chi connectivity index (χ3v) is 7.41. The quantitative estimate of drug-likeness (QED) is 0.398. The molecular weight excluding hydrogens is 488 g/mol. The Labute approximate surface area is 207 Å². The minimum absolute atomic E-state index is 0.0821. The number of sulfonamides is 1. The molecule has 0 unspecified atom stereocenters. The number of nitrogens with zero attached hydrogens (tertiary/aromatic N) is 2. The van der Waals surface area contributed by atoms with Crippen LogP contribution in [0.1, 0.15) is 21.6 Å². The lowest BCUT2D eigenvalue weighted by Crippen LogP contribution is -2.23. The van der Waals surface area contributed by atoms with E-state index < -0.39 is 21.5 Å². The Hall–Kier alpha value is -3.82. The molecule has 0 saturated heterocycles. The van der Waals surface area contributed by atoms with E-state index in [1.807, 2.05) is 25.1 Å². The molecule has 8 nitrogen and oxygen atoms in total. The predicted molar refractivity (Wildman–Crippen MR) is 137 cm³/mol. The molecule has 1 amide bonds. The average molecular weight is 511 g/mol.